The zero-order valence-corrected chi connectivity index (χ0v) is 14.1. The lowest BCUT2D eigenvalue weighted by molar-refractivity contribution is -0.136. The number of halogens is 1. The standard InChI is InChI=1S/C15H20BrN3O3/c1-18(11-15(21)19-6-8-22-9-7-19)10-14(20)17-13-4-2-12(16)3-5-13/h2-5H,6-11H2,1H3,(H,17,20). The van der Waals surface area contributed by atoms with Gasteiger partial charge in [-0.25, -0.2) is 0 Å². The monoisotopic (exact) mass is 369 g/mol. The molecular weight excluding hydrogens is 350 g/mol. The highest BCUT2D eigenvalue weighted by Crippen LogP contribution is 2.13. The summed E-state index contributed by atoms with van der Waals surface area (Å²) in [6.45, 7) is 2.81. The van der Waals surface area contributed by atoms with Gasteiger partial charge in [0.2, 0.25) is 11.8 Å². The number of hydrogen-bond acceptors (Lipinski definition) is 4. The Balaban J connectivity index is 1.75. The lowest BCUT2D eigenvalue weighted by Gasteiger charge is -2.28. The molecule has 0 aliphatic carbocycles. The van der Waals surface area contributed by atoms with Crippen molar-refractivity contribution in [3.8, 4) is 0 Å². The van der Waals surface area contributed by atoms with Gasteiger partial charge in [0.25, 0.3) is 0 Å². The quantitative estimate of drug-likeness (QED) is 0.846. The number of ether oxygens (including phenoxy) is 1. The molecule has 1 saturated heterocycles. The second-order valence-corrected chi connectivity index (χ2v) is 6.14. The molecule has 1 heterocycles. The number of rotatable bonds is 5. The predicted octanol–water partition coefficient (Wildman–Crippen LogP) is 1.18. The van der Waals surface area contributed by atoms with Crippen LogP contribution in [-0.4, -0.2) is 68.1 Å². The van der Waals surface area contributed by atoms with Crippen molar-refractivity contribution in [1.82, 2.24) is 9.80 Å². The van der Waals surface area contributed by atoms with Gasteiger partial charge in [-0.2, -0.15) is 0 Å². The van der Waals surface area contributed by atoms with E-state index in [0.29, 0.717) is 26.3 Å². The SMILES string of the molecule is CN(CC(=O)Nc1ccc(Br)cc1)CC(=O)N1CCOCC1. The van der Waals surface area contributed by atoms with E-state index >= 15 is 0 Å². The molecule has 0 aromatic heterocycles. The third-order valence-corrected chi connectivity index (χ3v) is 3.84. The molecule has 0 bridgehead atoms. The maximum Gasteiger partial charge on any atom is 0.238 e. The van der Waals surface area contributed by atoms with E-state index in [-0.39, 0.29) is 24.9 Å². The molecule has 1 aliphatic heterocycles. The second kappa shape index (κ2) is 8.26. The van der Waals surface area contributed by atoms with Gasteiger partial charge in [0.05, 0.1) is 26.3 Å². The van der Waals surface area contributed by atoms with Crippen LogP contribution in [0, 0.1) is 0 Å². The highest BCUT2D eigenvalue weighted by Gasteiger charge is 2.19. The summed E-state index contributed by atoms with van der Waals surface area (Å²) in [5.41, 5.74) is 0.737. The van der Waals surface area contributed by atoms with E-state index < -0.39 is 0 Å². The van der Waals surface area contributed by atoms with Gasteiger partial charge < -0.3 is 15.0 Å². The van der Waals surface area contributed by atoms with E-state index in [9.17, 15) is 9.59 Å². The van der Waals surface area contributed by atoms with Gasteiger partial charge in [-0.15, -0.1) is 0 Å². The molecule has 1 aromatic carbocycles. The molecule has 1 fully saturated rings. The van der Waals surface area contributed by atoms with Crippen molar-refractivity contribution in [1.29, 1.82) is 0 Å². The smallest absolute Gasteiger partial charge is 0.238 e. The lowest BCUT2D eigenvalue weighted by atomic mass is 10.3. The summed E-state index contributed by atoms with van der Waals surface area (Å²) < 4.78 is 6.18. The van der Waals surface area contributed by atoms with E-state index in [4.69, 9.17) is 4.74 Å². The molecule has 7 heteroatoms. The fourth-order valence-corrected chi connectivity index (χ4v) is 2.44. The van der Waals surface area contributed by atoms with Crippen LogP contribution in [0.15, 0.2) is 28.7 Å². The van der Waals surface area contributed by atoms with Gasteiger partial charge in [0.15, 0.2) is 0 Å². The summed E-state index contributed by atoms with van der Waals surface area (Å²) in [7, 11) is 1.76. The number of nitrogens with zero attached hydrogens (tertiary/aromatic N) is 2. The van der Waals surface area contributed by atoms with Crippen LogP contribution in [0.1, 0.15) is 0 Å². The zero-order valence-electron chi connectivity index (χ0n) is 12.5. The van der Waals surface area contributed by atoms with Gasteiger partial charge in [-0.1, -0.05) is 15.9 Å². The largest absolute Gasteiger partial charge is 0.378 e. The molecule has 1 aliphatic rings. The summed E-state index contributed by atoms with van der Waals surface area (Å²) in [6.07, 6.45) is 0. The Morgan fingerprint density at radius 1 is 1.23 bits per heavy atom. The molecule has 0 atom stereocenters. The summed E-state index contributed by atoms with van der Waals surface area (Å²) >= 11 is 3.34. The van der Waals surface area contributed by atoms with Crippen LogP contribution < -0.4 is 5.32 Å². The number of amides is 2. The highest BCUT2D eigenvalue weighted by molar-refractivity contribution is 9.10. The maximum absolute atomic E-state index is 12.1. The fraction of sp³-hybridized carbons (Fsp3) is 0.467. The second-order valence-electron chi connectivity index (χ2n) is 5.22. The van der Waals surface area contributed by atoms with Crippen LogP contribution in [0.5, 0.6) is 0 Å². The number of carbonyl (C=O) groups is 2. The molecule has 6 nitrogen and oxygen atoms in total. The minimum absolute atomic E-state index is 0.0299. The zero-order chi connectivity index (χ0) is 15.9. The Labute approximate surface area is 138 Å². The van der Waals surface area contributed by atoms with Crippen LogP contribution in [0.4, 0.5) is 5.69 Å². The third-order valence-electron chi connectivity index (χ3n) is 3.31. The van der Waals surface area contributed by atoms with Crippen LogP contribution in [-0.2, 0) is 14.3 Å². The first-order chi connectivity index (χ1) is 10.5. The first-order valence-electron chi connectivity index (χ1n) is 7.14. The Kier molecular flexibility index (Phi) is 6.35. The van der Waals surface area contributed by atoms with Gasteiger partial charge in [0.1, 0.15) is 0 Å². The predicted molar refractivity (Wildman–Crippen MR) is 87.7 cm³/mol. The number of likely N-dealkylation sites (N-methyl/N-ethyl adjacent to an activating group) is 1. The van der Waals surface area contributed by atoms with Gasteiger partial charge in [-0.05, 0) is 31.3 Å². The molecule has 0 saturated carbocycles. The fourth-order valence-electron chi connectivity index (χ4n) is 2.18. The highest BCUT2D eigenvalue weighted by atomic mass is 79.9. The van der Waals surface area contributed by atoms with Gasteiger partial charge >= 0.3 is 0 Å². The summed E-state index contributed by atoms with van der Waals surface area (Å²) in [5, 5.41) is 2.81. The number of hydrogen-bond donors (Lipinski definition) is 1. The number of nitrogens with one attached hydrogen (secondary N) is 1. The Bertz CT molecular complexity index is 515. The van der Waals surface area contributed by atoms with Crippen LogP contribution in [0.25, 0.3) is 0 Å². The van der Waals surface area contributed by atoms with Gasteiger partial charge in [-0.3, -0.25) is 14.5 Å². The van der Waals surface area contributed by atoms with Crippen molar-refractivity contribution in [2.45, 2.75) is 0 Å². The lowest BCUT2D eigenvalue weighted by Crippen LogP contribution is -2.46. The molecule has 120 valence electrons. The van der Waals surface area contributed by atoms with Crippen molar-refractivity contribution < 1.29 is 14.3 Å². The summed E-state index contributed by atoms with van der Waals surface area (Å²) in [5.74, 6) is -0.109. The van der Waals surface area contributed by atoms with Crippen molar-refractivity contribution in [2.24, 2.45) is 0 Å². The number of benzene rings is 1. The van der Waals surface area contributed by atoms with E-state index in [0.717, 1.165) is 10.2 Å². The van der Waals surface area contributed by atoms with Crippen molar-refractivity contribution in [2.75, 3.05) is 51.8 Å². The van der Waals surface area contributed by atoms with E-state index in [1.165, 1.54) is 0 Å². The van der Waals surface area contributed by atoms with E-state index in [1.807, 2.05) is 24.3 Å². The van der Waals surface area contributed by atoms with E-state index in [1.54, 1.807) is 16.8 Å². The minimum Gasteiger partial charge on any atom is -0.378 e. The maximum atomic E-state index is 12.1. The molecule has 22 heavy (non-hydrogen) atoms. The third kappa shape index (κ3) is 5.40. The molecule has 1 aromatic rings. The molecule has 0 radical (unpaired) electrons. The minimum atomic E-state index is -0.139. The molecule has 2 amide bonds. The van der Waals surface area contributed by atoms with Crippen molar-refractivity contribution >= 4 is 33.4 Å². The normalized spacial score (nSPS) is 15.0. The Morgan fingerprint density at radius 2 is 1.86 bits per heavy atom. The number of carbonyl (C=O) groups excluding carboxylic acids is 2. The first-order valence-corrected chi connectivity index (χ1v) is 7.93. The Morgan fingerprint density at radius 3 is 2.50 bits per heavy atom. The van der Waals surface area contributed by atoms with Crippen molar-refractivity contribution in [3.05, 3.63) is 28.7 Å². The molecule has 0 unspecified atom stereocenters. The molecule has 2 rings (SSSR count). The average molecular weight is 370 g/mol. The van der Waals surface area contributed by atoms with Crippen LogP contribution in [0.2, 0.25) is 0 Å². The topological polar surface area (TPSA) is 61.9 Å². The number of anilines is 1. The molecular formula is C15H20BrN3O3. The van der Waals surface area contributed by atoms with Crippen molar-refractivity contribution in [3.63, 3.8) is 0 Å². The number of morpholine rings is 1. The Hall–Kier alpha value is -1.44. The molecule has 1 N–H and O–H groups in total. The van der Waals surface area contributed by atoms with E-state index in [2.05, 4.69) is 21.2 Å². The van der Waals surface area contributed by atoms with Crippen LogP contribution in [0.3, 0.4) is 0 Å². The van der Waals surface area contributed by atoms with Gasteiger partial charge in [0, 0.05) is 23.2 Å². The summed E-state index contributed by atoms with van der Waals surface area (Å²) in [6, 6.07) is 7.37. The first kappa shape index (κ1) is 16.9. The average Bonchev–Trinajstić information content (AvgIpc) is 2.50. The summed E-state index contributed by atoms with van der Waals surface area (Å²) in [4.78, 5) is 27.5. The van der Waals surface area contributed by atoms with Crippen LogP contribution >= 0.6 is 15.9 Å². The molecule has 0 spiro atoms.